The number of benzodiazepines with no additional fused rings is 1. The largest absolute Gasteiger partial charge is 0.466 e. The number of aliphatic imine (C=N–C) groups is 1. The Labute approximate surface area is 200 Å². The highest BCUT2D eigenvalue weighted by molar-refractivity contribution is 6.32. The van der Waals surface area contributed by atoms with Crippen LogP contribution < -0.4 is 4.90 Å². The Morgan fingerprint density at radius 2 is 1.82 bits per heavy atom. The van der Waals surface area contributed by atoms with Crippen LogP contribution in [0.2, 0.25) is 5.02 Å². The van der Waals surface area contributed by atoms with Crippen molar-refractivity contribution < 1.29 is 14.3 Å². The highest BCUT2D eigenvalue weighted by atomic mass is 35.5. The molecule has 0 unspecified atom stereocenters. The fourth-order valence-corrected chi connectivity index (χ4v) is 5.07. The molecule has 1 aliphatic heterocycles. The summed E-state index contributed by atoms with van der Waals surface area (Å²) in [6.07, 6.45) is 6.76. The lowest BCUT2D eigenvalue weighted by Crippen LogP contribution is -2.42. The summed E-state index contributed by atoms with van der Waals surface area (Å²) in [5, 5.41) is 0.586. The molecule has 33 heavy (non-hydrogen) atoms. The van der Waals surface area contributed by atoms with Crippen LogP contribution in [0.5, 0.6) is 0 Å². The highest BCUT2D eigenvalue weighted by Crippen LogP contribution is 2.35. The number of rotatable bonds is 6. The fraction of sp³-hybridized carbons (Fsp3) is 0.444. The van der Waals surface area contributed by atoms with E-state index >= 15 is 0 Å². The number of esters is 1. The van der Waals surface area contributed by atoms with Crippen molar-refractivity contribution in [2.24, 2.45) is 10.9 Å². The van der Waals surface area contributed by atoms with Crippen molar-refractivity contribution in [1.82, 2.24) is 0 Å². The van der Waals surface area contributed by atoms with Gasteiger partial charge < -0.3 is 9.64 Å². The number of carbonyl (C=O) groups excluding carboxylic acids is 2. The van der Waals surface area contributed by atoms with E-state index in [4.69, 9.17) is 21.3 Å². The van der Waals surface area contributed by atoms with Gasteiger partial charge in [-0.2, -0.15) is 0 Å². The number of hydrogen-bond donors (Lipinski definition) is 0. The van der Waals surface area contributed by atoms with Crippen molar-refractivity contribution in [3.8, 4) is 0 Å². The molecule has 1 aliphatic carbocycles. The molecule has 2 aliphatic rings. The molecular weight excluding hydrogens is 436 g/mol. The number of hydrogen-bond acceptors (Lipinski definition) is 4. The molecule has 1 saturated carbocycles. The van der Waals surface area contributed by atoms with E-state index in [1.165, 1.54) is 12.8 Å². The maximum atomic E-state index is 14.0. The minimum atomic E-state index is -0.480. The second-order valence-corrected chi connectivity index (χ2v) is 9.18. The number of halogens is 1. The lowest BCUT2D eigenvalue weighted by Gasteiger charge is -2.28. The molecule has 1 fully saturated rings. The number of benzene rings is 2. The summed E-state index contributed by atoms with van der Waals surface area (Å²) in [5.74, 6) is -0.158. The normalized spacial score (nSPS) is 19.3. The zero-order chi connectivity index (χ0) is 23.2. The minimum Gasteiger partial charge on any atom is -0.466 e. The van der Waals surface area contributed by atoms with Crippen molar-refractivity contribution >= 4 is 34.9 Å². The van der Waals surface area contributed by atoms with Crippen LogP contribution >= 0.6 is 11.6 Å². The quantitative estimate of drug-likeness (QED) is 0.398. The molecule has 0 N–H and O–H groups in total. The molecule has 2 aromatic carbocycles. The highest BCUT2D eigenvalue weighted by Gasteiger charge is 2.37. The molecule has 174 valence electrons. The topological polar surface area (TPSA) is 59.0 Å². The minimum absolute atomic E-state index is 0.0410. The Morgan fingerprint density at radius 1 is 1.09 bits per heavy atom. The Morgan fingerprint density at radius 3 is 2.52 bits per heavy atom. The van der Waals surface area contributed by atoms with E-state index in [1.807, 2.05) is 42.5 Å². The third-order valence-electron chi connectivity index (χ3n) is 6.53. The van der Waals surface area contributed by atoms with Crippen LogP contribution in [-0.4, -0.2) is 36.8 Å². The van der Waals surface area contributed by atoms with Gasteiger partial charge in [0.25, 0.3) is 5.91 Å². The average molecular weight is 467 g/mol. The van der Waals surface area contributed by atoms with Gasteiger partial charge in [-0.1, -0.05) is 67.6 Å². The number of carbonyl (C=O) groups is 2. The first-order valence-electron chi connectivity index (χ1n) is 12.0. The van der Waals surface area contributed by atoms with Crippen LogP contribution in [0, 0.1) is 5.92 Å². The van der Waals surface area contributed by atoms with Crippen molar-refractivity contribution in [2.75, 3.05) is 18.1 Å². The van der Waals surface area contributed by atoms with E-state index in [0.29, 0.717) is 11.6 Å². The third kappa shape index (κ3) is 5.47. The molecule has 1 amide bonds. The molecule has 5 nitrogen and oxygen atoms in total. The van der Waals surface area contributed by atoms with Crippen LogP contribution in [0.1, 0.15) is 63.0 Å². The lowest BCUT2D eigenvalue weighted by atomic mass is 9.91. The Bertz CT molecular complexity index is 1010. The molecule has 0 spiro atoms. The maximum absolute atomic E-state index is 14.0. The van der Waals surface area contributed by atoms with Crippen molar-refractivity contribution in [3.63, 3.8) is 0 Å². The molecule has 0 saturated heterocycles. The van der Waals surface area contributed by atoms with E-state index in [9.17, 15) is 9.59 Å². The third-order valence-corrected chi connectivity index (χ3v) is 6.77. The van der Waals surface area contributed by atoms with E-state index in [-0.39, 0.29) is 30.8 Å². The number of fused-ring (bicyclic) bond motifs is 1. The monoisotopic (exact) mass is 466 g/mol. The predicted molar refractivity (Wildman–Crippen MR) is 132 cm³/mol. The van der Waals surface area contributed by atoms with Gasteiger partial charge in [0, 0.05) is 22.7 Å². The zero-order valence-electron chi connectivity index (χ0n) is 19.1. The summed E-state index contributed by atoms with van der Waals surface area (Å²) in [6, 6.07) is 15.0. The molecule has 0 aromatic heterocycles. The molecule has 4 rings (SSSR count). The molecule has 1 atom stereocenters. The molecule has 1 heterocycles. The first-order valence-corrected chi connectivity index (χ1v) is 12.4. The number of ether oxygens (including phenoxy) is 1. The molecular formula is C27H31ClN2O3. The van der Waals surface area contributed by atoms with Crippen molar-refractivity contribution in [2.45, 2.75) is 57.9 Å². The summed E-state index contributed by atoms with van der Waals surface area (Å²) < 4.78 is 5.13. The van der Waals surface area contributed by atoms with Crippen LogP contribution in [-0.2, 0) is 14.3 Å². The van der Waals surface area contributed by atoms with Gasteiger partial charge in [0.2, 0.25) is 0 Å². The summed E-state index contributed by atoms with van der Waals surface area (Å²) in [5.41, 5.74) is 3.31. The second kappa shape index (κ2) is 11.0. The van der Waals surface area contributed by atoms with Gasteiger partial charge >= 0.3 is 5.97 Å². The van der Waals surface area contributed by atoms with E-state index in [0.717, 1.165) is 48.2 Å². The molecule has 6 heteroatoms. The Kier molecular flexibility index (Phi) is 7.81. The summed E-state index contributed by atoms with van der Waals surface area (Å²) in [4.78, 5) is 33.0. The van der Waals surface area contributed by atoms with Gasteiger partial charge in [0.05, 0.1) is 24.4 Å². The summed E-state index contributed by atoms with van der Waals surface area (Å²) in [7, 11) is 0. The number of nitrogens with zero attached hydrogens (tertiary/aromatic N) is 2. The van der Waals surface area contributed by atoms with Crippen LogP contribution in [0.15, 0.2) is 53.5 Å². The van der Waals surface area contributed by atoms with Gasteiger partial charge in [-0.3, -0.25) is 14.6 Å². The van der Waals surface area contributed by atoms with Gasteiger partial charge in [0.1, 0.15) is 6.04 Å². The first kappa shape index (κ1) is 23.5. The fourth-order valence-electron chi connectivity index (χ4n) is 4.90. The standard InChI is InChI=1S/C27H31ClN2O3/c1-2-33-24(31)16-17-30-23-15-14-21(28)18-22(23)25(19-10-8-5-9-11-19)29-26(27(30)32)20-12-6-3-4-7-13-20/h5,8-11,14-15,18,20,26H,2-4,6-7,12-13,16-17H2,1H3/t26-/m0/s1. The Balaban J connectivity index is 1.81. The number of amides is 1. The predicted octanol–water partition coefficient (Wildman–Crippen LogP) is 5.82. The smallest absolute Gasteiger partial charge is 0.307 e. The lowest BCUT2D eigenvalue weighted by molar-refractivity contribution is -0.142. The van der Waals surface area contributed by atoms with Crippen LogP contribution in [0.25, 0.3) is 0 Å². The first-order chi connectivity index (χ1) is 16.1. The van der Waals surface area contributed by atoms with Crippen molar-refractivity contribution in [3.05, 3.63) is 64.7 Å². The van der Waals surface area contributed by atoms with Crippen LogP contribution in [0.3, 0.4) is 0 Å². The zero-order valence-corrected chi connectivity index (χ0v) is 19.9. The van der Waals surface area contributed by atoms with E-state index in [1.54, 1.807) is 17.9 Å². The summed E-state index contributed by atoms with van der Waals surface area (Å²) >= 11 is 6.41. The van der Waals surface area contributed by atoms with E-state index < -0.39 is 6.04 Å². The maximum Gasteiger partial charge on any atom is 0.307 e. The van der Waals surface area contributed by atoms with E-state index in [2.05, 4.69) is 0 Å². The second-order valence-electron chi connectivity index (χ2n) is 8.75. The van der Waals surface area contributed by atoms with Crippen molar-refractivity contribution in [1.29, 1.82) is 0 Å². The summed E-state index contributed by atoms with van der Waals surface area (Å²) in [6.45, 7) is 2.37. The van der Waals surface area contributed by atoms with Crippen LogP contribution in [0.4, 0.5) is 5.69 Å². The van der Waals surface area contributed by atoms with Gasteiger partial charge in [-0.25, -0.2) is 0 Å². The molecule has 0 bridgehead atoms. The number of anilines is 1. The Hall–Kier alpha value is -2.66. The molecule has 0 radical (unpaired) electrons. The van der Waals surface area contributed by atoms with Gasteiger partial charge in [0.15, 0.2) is 0 Å². The SMILES string of the molecule is CCOC(=O)CCN1C(=O)[C@H](C2CCCCCC2)N=C(c2ccccc2)c2cc(Cl)ccc21. The molecule has 2 aromatic rings. The van der Waals surface area contributed by atoms with Gasteiger partial charge in [-0.05, 0) is 43.9 Å². The van der Waals surface area contributed by atoms with Gasteiger partial charge in [-0.15, -0.1) is 0 Å². The average Bonchev–Trinajstić information content (AvgIpc) is 3.15.